The van der Waals surface area contributed by atoms with Crippen LogP contribution >= 0.6 is 0 Å². The molecule has 0 aromatic rings. The van der Waals surface area contributed by atoms with Gasteiger partial charge < -0.3 is 26.0 Å². The molecule has 0 bridgehead atoms. The van der Waals surface area contributed by atoms with Crippen molar-refractivity contribution in [3.05, 3.63) is 0 Å². The minimum atomic E-state index is -2.33. The van der Waals surface area contributed by atoms with Gasteiger partial charge in [0.1, 0.15) is 0 Å². The van der Waals surface area contributed by atoms with Gasteiger partial charge in [-0.3, -0.25) is 0 Å². The molecule has 0 aliphatic carbocycles. The molecule has 0 heterocycles. The molecular formula is CH3AlO5Zn+2. The third kappa shape index (κ3) is 1520. The van der Waals surface area contributed by atoms with Crippen molar-refractivity contribution in [2.75, 3.05) is 0 Å². The summed E-state index contributed by atoms with van der Waals surface area (Å²) in [6.45, 7) is 0. The van der Waals surface area contributed by atoms with E-state index in [0.29, 0.717) is 0 Å². The number of hydrogen-bond donors (Lipinski definition) is 0. The summed E-state index contributed by atoms with van der Waals surface area (Å²) in [4.78, 5) is 8.33. The van der Waals surface area contributed by atoms with Gasteiger partial charge in [-0.2, -0.15) is 0 Å². The van der Waals surface area contributed by atoms with Crippen LogP contribution in [0.25, 0.3) is 0 Å². The Morgan fingerprint density at radius 1 is 1.25 bits per heavy atom. The van der Waals surface area contributed by atoms with Gasteiger partial charge in [-0.05, 0) is 6.16 Å². The molecule has 5 nitrogen and oxygen atoms in total. The Morgan fingerprint density at radius 2 is 1.25 bits per heavy atom. The van der Waals surface area contributed by atoms with Gasteiger partial charge in [-0.1, -0.05) is 0 Å². The number of carbonyl (C=O) groups is 1. The van der Waals surface area contributed by atoms with E-state index < -0.39 is 6.16 Å². The summed E-state index contributed by atoms with van der Waals surface area (Å²) in [5.74, 6) is 0. The van der Waals surface area contributed by atoms with Gasteiger partial charge in [0, 0.05) is 0 Å². The molecule has 0 aliphatic rings. The van der Waals surface area contributed by atoms with Gasteiger partial charge in [0.25, 0.3) is 0 Å². The molecule has 8 heavy (non-hydrogen) atoms. The van der Waals surface area contributed by atoms with Crippen molar-refractivity contribution >= 4 is 23.5 Å². The number of hydrogen-bond acceptors (Lipinski definition) is 4. The fourth-order valence-electron chi connectivity index (χ4n) is 0. The summed E-state index contributed by atoms with van der Waals surface area (Å²) >= 11 is 0. The molecule has 0 aliphatic heterocycles. The van der Waals surface area contributed by atoms with E-state index in [1.165, 1.54) is 0 Å². The fourth-order valence-corrected chi connectivity index (χ4v) is 0. The van der Waals surface area contributed by atoms with E-state index in [1.54, 1.807) is 0 Å². The molecule has 0 amide bonds. The van der Waals surface area contributed by atoms with Crippen LogP contribution in [0, 0.1) is 0 Å². The molecule has 0 aromatic heterocycles. The van der Waals surface area contributed by atoms with E-state index in [-0.39, 0.29) is 47.8 Å². The zero-order chi connectivity index (χ0) is 3.58. The normalized spacial score (nSPS) is 3.00. The van der Waals surface area contributed by atoms with Crippen LogP contribution in [0.5, 0.6) is 0 Å². The molecular weight excluding hydrogens is 184 g/mol. The summed E-state index contributed by atoms with van der Waals surface area (Å²) in [5, 5.41) is 16.7. The first-order valence-electron chi connectivity index (χ1n) is 0.612. The van der Waals surface area contributed by atoms with Crippen LogP contribution in [0.3, 0.4) is 0 Å². The Morgan fingerprint density at radius 3 is 1.25 bits per heavy atom. The maximum absolute atomic E-state index is 8.33. The fraction of sp³-hybridized carbons (Fsp3) is 0. The zero-order valence-electron chi connectivity index (χ0n) is 3.96. The molecule has 40 valence electrons. The van der Waals surface area contributed by atoms with Crippen molar-refractivity contribution in [3.8, 4) is 0 Å². The summed E-state index contributed by atoms with van der Waals surface area (Å²) in [5.41, 5.74) is 0. The van der Waals surface area contributed by atoms with Crippen molar-refractivity contribution in [1.29, 1.82) is 0 Å². The Balaban J connectivity index is -0.00000000750. The predicted octanol–water partition coefficient (Wildman–Crippen LogP) is -3.83. The molecule has 0 rings (SSSR count). The summed E-state index contributed by atoms with van der Waals surface area (Å²) in [6.07, 6.45) is -2.33. The smallest absolute Gasteiger partial charge is 0.870 e. The van der Waals surface area contributed by atoms with Crippen molar-refractivity contribution in [2.45, 2.75) is 0 Å². The third-order valence-electron chi connectivity index (χ3n) is 0. The summed E-state index contributed by atoms with van der Waals surface area (Å²) in [6, 6.07) is 0. The van der Waals surface area contributed by atoms with Crippen LogP contribution in [0.1, 0.15) is 0 Å². The maximum atomic E-state index is 8.33. The number of carboxylic acid groups (broad SMARTS) is 2. The summed E-state index contributed by atoms with van der Waals surface area (Å²) < 4.78 is 0. The van der Waals surface area contributed by atoms with Crippen LogP contribution in [-0.4, -0.2) is 34.5 Å². The standard InChI is InChI=1S/CH2O3.Al.2H2O.Zn/c2-1(3)4;;;;/h(H2,2,3,4);;2*1H2;/q;+3;;;+2/p-3. The number of carbonyl (C=O) groups excluding carboxylic acids is 1. The van der Waals surface area contributed by atoms with Gasteiger partial charge in [-0.15, -0.1) is 0 Å². The van der Waals surface area contributed by atoms with Crippen LogP contribution in [-0.2, 0) is 19.5 Å². The van der Waals surface area contributed by atoms with Crippen molar-refractivity contribution in [3.63, 3.8) is 0 Å². The minimum absolute atomic E-state index is 0. The summed E-state index contributed by atoms with van der Waals surface area (Å²) in [7, 11) is 0. The molecule has 0 saturated carbocycles. The van der Waals surface area contributed by atoms with E-state index in [0.717, 1.165) is 0 Å². The molecule has 7 heteroatoms. The monoisotopic (exact) mass is 186 g/mol. The first kappa shape index (κ1) is 40.2. The van der Waals surface area contributed by atoms with Crippen molar-refractivity contribution in [1.82, 2.24) is 0 Å². The Bertz CT molecular complexity index is 35.4. The first-order chi connectivity index (χ1) is 1.73. The average molecular weight is 187 g/mol. The predicted molar refractivity (Wildman–Crippen MR) is 16.7 cm³/mol. The maximum Gasteiger partial charge on any atom is 3.00 e. The van der Waals surface area contributed by atoms with Gasteiger partial charge in [0.2, 0.25) is 0 Å². The molecule has 0 saturated heterocycles. The van der Waals surface area contributed by atoms with Gasteiger partial charge >= 0.3 is 36.8 Å². The molecule has 0 fully saturated rings. The molecule has 0 aromatic carbocycles. The van der Waals surface area contributed by atoms with E-state index in [9.17, 15) is 0 Å². The first-order valence-corrected chi connectivity index (χ1v) is 0.612. The second-order valence-corrected chi connectivity index (χ2v) is 0.250. The van der Waals surface area contributed by atoms with E-state index in [4.69, 9.17) is 15.0 Å². The van der Waals surface area contributed by atoms with E-state index in [1.807, 2.05) is 0 Å². The quantitative estimate of drug-likeness (QED) is 0.360. The zero-order valence-corrected chi connectivity index (χ0v) is 8.08. The van der Waals surface area contributed by atoms with Crippen molar-refractivity contribution in [2.24, 2.45) is 0 Å². The molecule has 0 atom stereocenters. The molecule has 0 radical (unpaired) electrons. The second-order valence-electron chi connectivity index (χ2n) is 0.250. The minimum Gasteiger partial charge on any atom is -0.870 e. The Hall–Kier alpha value is 0.346. The van der Waals surface area contributed by atoms with Gasteiger partial charge in [-0.25, -0.2) is 0 Å². The molecule has 3 N–H and O–H groups in total. The van der Waals surface area contributed by atoms with Crippen LogP contribution in [0.4, 0.5) is 4.79 Å². The van der Waals surface area contributed by atoms with Gasteiger partial charge in [0.05, 0.1) is 0 Å². The van der Waals surface area contributed by atoms with E-state index in [2.05, 4.69) is 0 Å². The average Bonchev–Trinajstić information content (AvgIpc) is 0.811. The largest absolute Gasteiger partial charge is 3.00 e. The van der Waals surface area contributed by atoms with Crippen LogP contribution in [0.15, 0.2) is 0 Å². The van der Waals surface area contributed by atoms with Crippen LogP contribution in [0.2, 0.25) is 0 Å². The topological polar surface area (TPSA) is 125 Å². The Labute approximate surface area is 69.2 Å². The third-order valence-corrected chi connectivity index (χ3v) is 0. The van der Waals surface area contributed by atoms with Crippen LogP contribution < -0.4 is 10.2 Å². The molecule has 0 unspecified atom stereocenters. The van der Waals surface area contributed by atoms with Gasteiger partial charge in [0.15, 0.2) is 0 Å². The molecule has 0 spiro atoms. The SMILES string of the molecule is O.O=C([O-])[O-].[Al+3].[OH-].[Zn+2]. The van der Waals surface area contributed by atoms with Crippen molar-refractivity contribution < 1.29 is 45.4 Å². The Kier molecular flexibility index (Phi) is 133. The second kappa shape index (κ2) is 26.4. The van der Waals surface area contributed by atoms with E-state index >= 15 is 0 Å². The number of rotatable bonds is 0.